The Bertz CT molecular complexity index is 351. The smallest absolute Gasteiger partial charge is 0.0596 e. The lowest BCUT2D eigenvalue weighted by atomic mass is 9.87. The fraction of sp³-hybridized carbons (Fsp3) is 0.812. The van der Waals surface area contributed by atoms with Gasteiger partial charge in [-0.25, -0.2) is 0 Å². The topological polar surface area (TPSA) is 29.9 Å². The zero-order valence-corrected chi connectivity index (χ0v) is 13.4. The first kappa shape index (κ1) is 16.2. The summed E-state index contributed by atoms with van der Waals surface area (Å²) in [6.07, 6.45) is 6.29. The molecule has 0 saturated heterocycles. The molecule has 0 radical (unpaired) electrons. The number of aromatic nitrogens is 2. The summed E-state index contributed by atoms with van der Waals surface area (Å²) in [6, 6.07) is 2.80. The van der Waals surface area contributed by atoms with E-state index in [1.165, 1.54) is 31.4 Å². The van der Waals surface area contributed by atoms with E-state index in [2.05, 4.69) is 51.2 Å². The summed E-state index contributed by atoms with van der Waals surface area (Å²) in [7, 11) is 2.06. The van der Waals surface area contributed by atoms with Crippen LogP contribution in [0.3, 0.4) is 0 Å². The quantitative estimate of drug-likeness (QED) is 0.741. The van der Waals surface area contributed by atoms with Crippen molar-refractivity contribution < 1.29 is 0 Å². The Morgan fingerprint density at radius 1 is 1.21 bits per heavy atom. The van der Waals surface area contributed by atoms with E-state index in [0.717, 1.165) is 24.6 Å². The molecule has 0 aromatic carbocycles. The predicted molar refractivity (Wildman–Crippen MR) is 82.4 cm³/mol. The third-order valence-electron chi connectivity index (χ3n) is 3.88. The summed E-state index contributed by atoms with van der Waals surface area (Å²) in [5, 5.41) is 8.16. The molecule has 0 aliphatic carbocycles. The molecule has 110 valence electrons. The van der Waals surface area contributed by atoms with Gasteiger partial charge in [0.15, 0.2) is 0 Å². The molecule has 19 heavy (non-hydrogen) atoms. The van der Waals surface area contributed by atoms with Crippen LogP contribution in [0.1, 0.15) is 57.8 Å². The second-order valence-corrected chi connectivity index (χ2v) is 5.61. The van der Waals surface area contributed by atoms with Crippen molar-refractivity contribution in [2.45, 2.75) is 65.8 Å². The number of nitrogens with zero attached hydrogens (tertiary/aromatic N) is 2. The third-order valence-corrected chi connectivity index (χ3v) is 3.88. The summed E-state index contributed by atoms with van der Waals surface area (Å²) in [6.45, 7) is 9.91. The van der Waals surface area contributed by atoms with Crippen LogP contribution in [0.4, 0.5) is 0 Å². The van der Waals surface area contributed by atoms with Gasteiger partial charge < -0.3 is 5.32 Å². The zero-order valence-electron chi connectivity index (χ0n) is 13.4. The van der Waals surface area contributed by atoms with Gasteiger partial charge in [-0.15, -0.1) is 0 Å². The van der Waals surface area contributed by atoms with Gasteiger partial charge in [-0.05, 0) is 38.3 Å². The van der Waals surface area contributed by atoms with Crippen LogP contribution < -0.4 is 5.32 Å². The Hall–Kier alpha value is -0.830. The van der Waals surface area contributed by atoms with Crippen molar-refractivity contribution in [3.8, 4) is 0 Å². The Kier molecular flexibility index (Phi) is 7.14. The van der Waals surface area contributed by atoms with Gasteiger partial charge >= 0.3 is 0 Å². The van der Waals surface area contributed by atoms with Crippen LogP contribution in [0.15, 0.2) is 6.07 Å². The molecule has 0 spiro atoms. The summed E-state index contributed by atoms with van der Waals surface area (Å²) in [4.78, 5) is 0. The maximum absolute atomic E-state index is 4.46. The van der Waals surface area contributed by atoms with Crippen LogP contribution >= 0.6 is 0 Å². The minimum atomic E-state index is 0.583. The molecular weight excluding hydrogens is 234 g/mol. The molecule has 3 heteroatoms. The Morgan fingerprint density at radius 3 is 2.26 bits per heavy atom. The lowest BCUT2D eigenvalue weighted by molar-refractivity contribution is 0.308. The van der Waals surface area contributed by atoms with Gasteiger partial charge in [0, 0.05) is 25.2 Å². The molecule has 0 saturated carbocycles. The average Bonchev–Trinajstić information content (AvgIpc) is 2.67. The summed E-state index contributed by atoms with van der Waals surface area (Å²) >= 11 is 0. The van der Waals surface area contributed by atoms with Crippen LogP contribution in [0.5, 0.6) is 0 Å². The second-order valence-electron chi connectivity index (χ2n) is 5.61. The molecule has 1 rings (SSSR count). The average molecular weight is 265 g/mol. The molecule has 0 amide bonds. The van der Waals surface area contributed by atoms with Crippen LogP contribution in [0.2, 0.25) is 0 Å². The van der Waals surface area contributed by atoms with Crippen LogP contribution in [-0.2, 0) is 13.5 Å². The summed E-state index contributed by atoms with van der Waals surface area (Å²) in [5.41, 5.74) is 2.47. The van der Waals surface area contributed by atoms with Crippen LogP contribution in [0, 0.1) is 12.8 Å². The van der Waals surface area contributed by atoms with Gasteiger partial charge in [-0.2, -0.15) is 5.10 Å². The fourth-order valence-electron chi connectivity index (χ4n) is 3.04. The summed E-state index contributed by atoms with van der Waals surface area (Å²) < 4.78 is 2.04. The highest BCUT2D eigenvalue weighted by molar-refractivity contribution is 5.10. The second kappa shape index (κ2) is 8.36. The van der Waals surface area contributed by atoms with Crippen molar-refractivity contribution >= 4 is 0 Å². The molecule has 0 bridgehead atoms. The highest BCUT2D eigenvalue weighted by Gasteiger charge is 2.21. The number of hydrogen-bond acceptors (Lipinski definition) is 2. The first-order chi connectivity index (χ1) is 9.12. The van der Waals surface area contributed by atoms with Crippen molar-refractivity contribution in [1.82, 2.24) is 15.1 Å². The standard InChI is InChI=1S/C16H31N3/c1-6-9-14(10-7-2)16(17-8-3)12-15-11-13(4)18-19(15)5/h11,14,16-17H,6-10,12H2,1-5H3. The lowest BCUT2D eigenvalue weighted by Crippen LogP contribution is -2.38. The Labute approximate surface area is 118 Å². The minimum absolute atomic E-state index is 0.583. The molecule has 1 aromatic rings. The number of hydrogen-bond donors (Lipinski definition) is 1. The van der Waals surface area contributed by atoms with Crippen molar-refractivity contribution in [1.29, 1.82) is 0 Å². The van der Waals surface area contributed by atoms with E-state index in [1.54, 1.807) is 0 Å². The molecule has 1 heterocycles. The maximum atomic E-state index is 4.46. The monoisotopic (exact) mass is 265 g/mol. The molecule has 0 aliphatic rings. The third kappa shape index (κ3) is 4.98. The summed E-state index contributed by atoms with van der Waals surface area (Å²) in [5.74, 6) is 0.783. The molecule has 1 aromatic heterocycles. The van der Waals surface area contributed by atoms with Gasteiger partial charge in [-0.1, -0.05) is 33.6 Å². The maximum Gasteiger partial charge on any atom is 0.0596 e. The van der Waals surface area contributed by atoms with Gasteiger partial charge in [-0.3, -0.25) is 4.68 Å². The minimum Gasteiger partial charge on any atom is -0.314 e. The molecule has 3 nitrogen and oxygen atoms in total. The lowest BCUT2D eigenvalue weighted by Gasteiger charge is -2.27. The molecule has 1 unspecified atom stereocenters. The van der Waals surface area contributed by atoms with Gasteiger partial charge in [0.25, 0.3) is 0 Å². The van der Waals surface area contributed by atoms with E-state index in [0.29, 0.717) is 6.04 Å². The van der Waals surface area contributed by atoms with Crippen LogP contribution in [-0.4, -0.2) is 22.4 Å². The van der Waals surface area contributed by atoms with E-state index in [-0.39, 0.29) is 0 Å². The van der Waals surface area contributed by atoms with E-state index in [9.17, 15) is 0 Å². The number of likely N-dealkylation sites (N-methyl/N-ethyl adjacent to an activating group) is 1. The zero-order chi connectivity index (χ0) is 14.3. The Morgan fingerprint density at radius 2 is 1.84 bits per heavy atom. The van der Waals surface area contributed by atoms with Gasteiger partial charge in [0.2, 0.25) is 0 Å². The number of rotatable bonds is 9. The molecule has 0 aliphatic heterocycles. The van der Waals surface area contributed by atoms with Crippen molar-refractivity contribution in [3.05, 3.63) is 17.5 Å². The first-order valence-corrected chi connectivity index (χ1v) is 7.85. The van der Waals surface area contributed by atoms with E-state index in [1.807, 2.05) is 4.68 Å². The number of aryl methyl sites for hydroxylation is 2. The highest BCUT2D eigenvalue weighted by Crippen LogP contribution is 2.21. The molecule has 0 fully saturated rings. The van der Waals surface area contributed by atoms with Crippen molar-refractivity contribution in [2.75, 3.05) is 6.54 Å². The fourth-order valence-corrected chi connectivity index (χ4v) is 3.04. The normalized spacial score (nSPS) is 13.2. The largest absolute Gasteiger partial charge is 0.314 e. The van der Waals surface area contributed by atoms with Crippen molar-refractivity contribution in [3.63, 3.8) is 0 Å². The number of nitrogens with one attached hydrogen (secondary N) is 1. The predicted octanol–water partition coefficient (Wildman–Crippen LogP) is 3.47. The highest BCUT2D eigenvalue weighted by atomic mass is 15.3. The first-order valence-electron chi connectivity index (χ1n) is 7.85. The SMILES string of the molecule is CCCC(CCC)C(Cc1cc(C)nn1C)NCC. The Balaban J connectivity index is 2.77. The van der Waals surface area contributed by atoms with Gasteiger partial charge in [0.1, 0.15) is 0 Å². The van der Waals surface area contributed by atoms with E-state index in [4.69, 9.17) is 0 Å². The molecule has 1 atom stereocenters. The van der Waals surface area contributed by atoms with E-state index < -0.39 is 0 Å². The van der Waals surface area contributed by atoms with Crippen LogP contribution in [0.25, 0.3) is 0 Å². The van der Waals surface area contributed by atoms with Crippen molar-refractivity contribution in [2.24, 2.45) is 13.0 Å². The van der Waals surface area contributed by atoms with Gasteiger partial charge in [0.05, 0.1) is 5.69 Å². The molecular formula is C16H31N3. The molecule has 1 N–H and O–H groups in total. The van der Waals surface area contributed by atoms with E-state index >= 15 is 0 Å².